The molecule has 3 rings (SSSR count). The molecule has 5 heteroatoms. The molecule has 0 spiro atoms. The van der Waals surface area contributed by atoms with E-state index in [0.717, 1.165) is 16.3 Å². The van der Waals surface area contributed by atoms with Crippen LogP contribution in [0.4, 0.5) is 0 Å². The van der Waals surface area contributed by atoms with E-state index in [9.17, 15) is 4.79 Å². The van der Waals surface area contributed by atoms with Crippen molar-refractivity contribution >= 4 is 22.8 Å². The second-order valence-corrected chi connectivity index (χ2v) is 6.00. The normalized spacial score (nSPS) is 11.0. The van der Waals surface area contributed by atoms with E-state index in [1.165, 1.54) is 13.2 Å². The summed E-state index contributed by atoms with van der Waals surface area (Å²) in [4.78, 5) is 11.6. The standard InChI is InChI=1S/C23H19NO4/c1-26-22-13-16(12-19(14-24)23(25)27-2)10-11-21(22)28-15-18-8-5-7-17-6-3-4-9-20(17)18/h3-13H,15H2,1-2H3. The smallest absolute Gasteiger partial charge is 0.348 e. The molecule has 0 amide bonds. The Kier molecular flexibility index (Phi) is 5.93. The van der Waals surface area contributed by atoms with Crippen molar-refractivity contribution in [3.8, 4) is 17.6 Å². The first-order valence-corrected chi connectivity index (χ1v) is 8.64. The summed E-state index contributed by atoms with van der Waals surface area (Å²) in [5.74, 6) is 0.401. The minimum absolute atomic E-state index is 0.0889. The average molecular weight is 373 g/mol. The van der Waals surface area contributed by atoms with Gasteiger partial charge in [-0.1, -0.05) is 48.5 Å². The van der Waals surface area contributed by atoms with Gasteiger partial charge in [-0.05, 0) is 40.1 Å². The third-order valence-corrected chi connectivity index (χ3v) is 4.29. The fourth-order valence-corrected chi connectivity index (χ4v) is 2.88. The summed E-state index contributed by atoms with van der Waals surface area (Å²) in [6.07, 6.45) is 1.45. The Balaban J connectivity index is 1.84. The highest BCUT2D eigenvalue weighted by Gasteiger charge is 2.11. The Labute approximate surface area is 163 Å². The number of esters is 1. The van der Waals surface area contributed by atoms with Crippen LogP contribution >= 0.6 is 0 Å². The lowest BCUT2D eigenvalue weighted by Crippen LogP contribution is -2.02. The predicted octanol–water partition coefficient (Wildman–Crippen LogP) is 4.51. The predicted molar refractivity (Wildman–Crippen MR) is 107 cm³/mol. The van der Waals surface area contributed by atoms with Gasteiger partial charge in [-0.3, -0.25) is 0 Å². The highest BCUT2D eigenvalue weighted by atomic mass is 16.5. The lowest BCUT2D eigenvalue weighted by Gasteiger charge is -2.13. The molecule has 0 aliphatic carbocycles. The molecule has 140 valence electrons. The molecule has 0 aromatic heterocycles. The molecule has 0 saturated carbocycles. The second-order valence-electron chi connectivity index (χ2n) is 6.00. The molecule has 0 radical (unpaired) electrons. The van der Waals surface area contributed by atoms with Crippen molar-refractivity contribution in [3.63, 3.8) is 0 Å². The van der Waals surface area contributed by atoms with Crippen LogP contribution in [0.1, 0.15) is 11.1 Å². The van der Waals surface area contributed by atoms with Crippen LogP contribution in [0.2, 0.25) is 0 Å². The Morgan fingerprint density at radius 2 is 1.82 bits per heavy atom. The van der Waals surface area contributed by atoms with Gasteiger partial charge in [0, 0.05) is 0 Å². The van der Waals surface area contributed by atoms with Crippen LogP contribution in [0, 0.1) is 11.3 Å². The quantitative estimate of drug-likeness (QED) is 0.361. The maximum atomic E-state index is 11.6. The van der Waals surface area contributed by atoms with Crippen LogP contribution in [0.25, 0.3) is 16.8 Å². The van der Waals surface area contributed by atoms with Crippen molar-refractivity contribution in [2.24, 2.45) is 0 Å². The number of methoxy groups -OCH3 is 2. The number of rotatable bonds is 6. The van der Waals surface area contributed by atoms with Crippen molar-refractivity contribution in [1.82, 2.24) is 0 Å². The van der Waals surface area contributed by atoms with Gasteiger partial charge in [0.2, 0.25) is 0 Å². The maximum Gasteiger partial charge on any atom is 0.348 e. The lowest BCUT2D eigenvalue weighted by atomic mass is 10.1. The molecule has 0 fully saturated rings. The fraction of sp³-hybridized carbons (Fsp3) is 0.130. The highest BCUT2D eigenvalue weighted by molar-refractivity contribution is 5.97. The number of benzene rings is 3. The summed E-state index contributed by atoms with van der Waals surface area (Å²) < 4.78 is 16.0. The number of hydrogen-bond donors (Lipinski definition) is 0. The van der Waals surface area contributed by atoms with Crippen molar-refractivity contribution in [2.75, 3.05) is 14.2 Å². The molecule has 28 heavy (non-hydrogen) atoms. The van der Waals surface area contributed by atoms with E-state index >= 15 is 0 Å². The molecular weight excluding hydrogens is 354 g/mol. The first kappa shape index (κ1) is 19.0. The third kappa shape index (κ3) is 4.13. The summed E-state index contributed by atoms with van der Waals surface area (Å²) in [6.45, 7) is 0.387. The maximum absolute atomic E-state index is 11.6. The van der Waals surface area contributed by atoms with Crippen LogP contribution in [0.3, 0.4) is 0 Å². The molecule has 3 aromatic carbocycles. The molecule has 0 atom stereocenters. The monoisotopic (exact) mass is 373 g/mol. The van der Waals surface area contributed by atoms with Crippen molar-refractivity contribution in [1.29, 1.82) is 5.26 Å². The van der Waals surface area contributed by atoms with Gasteiger partial charge in [-0.15, -0.1) is 0 Å². The summed E-state index contributed by atoms with van der Waals surface area (Å²) in [5, 5.41) is 11.4. The van der Waals surface area contributed by atoms with Gasteiger partial charge in [0.1, 0.15) is 18.2 Å². The number of carbonyl (C=O) groups is 1. The zero-order valence-corrected chi connectivity index (χ0v) is 15.6. The zero-order valence-electron chi connectivity index (χ0n) is 15.6. The SMILES string of the molecule is COC(=O)C(C#N)=Cc1ccc(OCc2cccc3ccccc23)c(OC)c1. The Bertz CT molecular complexity index is 1070. The largest absolute Gasteiger partial charge is 0.493 e. The van der Waals surface area contributed by atoms with Crippen molar-refractivity contribution in [2.45, 2.75) is 6.61 Å². The Morgan fingerprint density at radius 3 is 2.57 bits per heavy atom. The fourth-order valence-electron chi connectivity index (χ4n) is 2.88. The summed E-state index contributed by atoms with van der Waals surface area (Å²) in [7, 11) is 2.78. The van der Waals surface area contributed by atoms with E-state index in [4.69, 9.17) is 14.7 Å². The van der Waals surface area contributed by atoms with Gasteiger partial charge in [0.05, 0.1) is 14.2 Å². The van der Waals surface area contributed by atoms with Crippen LogP contribution in [-0.4, -0.2) is 20.2 Å². The molecule has 0 saturated heterocycles. The molecular formula is C23H19NO4. The minimum Gasteiger partial charge on any atom is -0.493 e. The zero-order chi connectivity index (χ0) is 19.9. The number of nitriles is 1. The molecule has 0 N–H and O–H groups in total. The first-order valence-electron chi connectivity index (χ1n) is 8.64. The second kappa shape index (κ2) is 8.74. The number of hydrogen-bond acceptors (Lipinski definition) is 5. The van der Waals surface area contributed by atoms with E-state index < -0.39 is 5.97 Å². The molecule has 0 unspecified atom stereocenters. The third-order valence-electron chi connectivity index (χ3n) is 4.29. The van der Waals surface area contributed by atoms with Gasteiger partial charge in [0.25, 0.3) is 0 Å². The average Bonchev–Trinajstić information content (AvgIpc) is 2.75. The van der Waals surface area contributed by atoms with E-state index in [0.29, 0.717) is 23.7 Å². The van der Waals surface area contributed by atoms with Crippen LogP contribution in [0.5, 0.6) is 11.5 Å². The summed E-state index contributed by atoms with van der Waals surface area (Å²) in [6, 6.07) is 21.3. The van der Waals surface area contributed by atoms with Crippen molar-refractivity contribution < 1.29 is 19.0 Å². The number of fused-ring (bicyclic) bond motifs is 1. The van der Waals surface area contributed by atoms with Gasteiger partial charge in [-0.2, -0.15) is 5.26 Å². The lowest BCUT2D eigenvalue weighted by molar-refractivity contribution is -0.135. The Morgan fingerprint density at radius 1 is 1.04 bits per heavy atom. The van der Waals surface area contributed by atoms with Gasteiger partial charge in [0.15, 0.2) is 11.5 Å². The molecule has 3 aromatic rings. The van der Waals surface area contributed by atoms with E-state index in [-0.39, 0.29) is 5.57 Å². The number of ether oxygens (including phenoxy) is 3. The van der Waals surface area contributed by atoms with E-state index in [2.05, 4.69) is 22.9 Å². The van der Waals surface area contributed by atoms with Gasteiger partial charge >= 0.3 is 5.97 Å². The number of nitrogens with zero attached hydrogens (tertiary/aromatic N) is 1. The molecule has 0 bridgehead atoms. The topological polar surface area (TPSA) is 68.6 Å². The van der Waals surface area contributed by atoms with Crippen LogP contribution < -0.4 is 9.47 Å². The number of carbonyl (C=O) groups excluding carboxylic acids is 1. The molecule has 0 aliphatic heterocycles. The van der Waals surface area contributed by atoms with Crippen LogP contribution in [-0.2, 0) is 16.1 Å². The Hall–Kier alpha value is -3.78. The van der Waals surface area contributed by atoms with Gasteiger partial charge < -0.3 is 14.2 Å². The van der Waals surface area contributed by atoms with Gasteiger partial charge in [-0.25, -0.2) is 4.79 Å². The molecule has 0 aliphatic rings. The summed E-state index contributed by atoms with van der Waals surface area (Å²) in [5.41, 5.74) is 1.62. The van der Waals surface area contributed by atoms with Crippen molar-refractivity contribution in [3.05, 3.63) is 77.4 Å². The minimum atomic E-state index is -0.683. The molecule has 0 heterocycles. The van der Waals surface area contributed by atoms with E-state index in [1.807, 2.05) is 30.3 Å². The molecule has 5 nitrogen and oxygen atoms in total. The van der Waals surface area contributed by atoms with Crippen LogP contribution in [0.15, 0.2) is 66.2 Å². The summed E-state index contributed by atoms with van der Waals surface area (Å²) >= 11 is 0. The van der Waals surface area contributed by atoms with E-state index in [1.54, 1.807) is 25.3 Å². The highest BCUT2D eigenvalue weighted by Crippen LogP contribution is 2.30. The first-order chi connectivity index (χ1) is 13.7.